The third-order valence-electron chi connectivity index (χ3n) is 3.34. The molecule has 0 unspecified atom stereocenters. The molecule has 7 heteroatoms. The van der Waals surface area contributed by atoms with Gasteiger partial charge in [0.25, 0.3) is 10.0 Å². The van der Waals surface area contributed by atoms with Crippen molar-refractivity contribution in [2.24, 2.45) is 0 Å². The van der Waals surface area contributed by atoms with Crippen LogP contribution in [0.25, 0.3) is 0 Å². The third kappa shape index (κ3) is 3.54. The van der Waals surface area contributed by atoms with Gasteiger partial charge in [0.1, 0.15) is 5.75 Å². The van der Waals surface area contributed by atoms with Crippen molar-refractivity contribution in [3.63, 3.8) is 0 Å². The largest absolute Gasteiger partial charge is 0.495 e. The van der Waals surface area contributed by atoms with E-state index >= 15 is 0 Å². The van der Waals surface area contributed by atoms with Crippen LogP contribution in [0, 0.1) is 0 Å². The predicted molar refractivity (Wildman–Crippen MR) is 93.7 cm³/mol. The Bertz CT molecular complexity index is 794. The lowest BCUT2D eigenvalue weighted by Crippen LogP contribution is -2.32. The number of halogens is 1. The summed E-state index contributed by atoms with van der Waals surface area (Å²) in [6, 6.07) is 11.3. The highest BCUT2D eigenvalue weighted by atomic mass is 35.5. The van der Waals surface area contributed by atoms with Crippen molar-refractivity contribution in [3.8, 4) is 5.75 Å². The fourth-order valence-electron chi connectivity index (χ4n) is 2.22. The summed E-state index contributed by atoms with van der Waals surface area (Å²) in [6.45, 7) is 2.24. The number of nitrogen functional groups attached to an aromatic ring is 1. The van der Waals surface area contributed by atoms with Crippen LogP contribution in [0.2, 0.25) is 5.02 Å². The van der Waals surface area contributed by atoms with Crippen LogP contribution in [0.5, 0.6) is 5.75 Å². The van der Waals surface area contributed by atoms with E-state index in [1.807, 2.05) is 6.92 Å². The van der Waals surface area contributed by atoms with E-state index in [4.69, 9.17) is 22.1 Å². The highest BCUT2D eigenvalue weighted by molar-refractivity contribution is 7.92. The Labute approximate surface area is 141 Å². The van der Waals surface area contributed by atoms with E-state index in [2.05, 4.69) is 0 Å². The normalized spacial score (nSPS) is 11.3. The molecule has 0 bridgehead atoms. The van der Waals surface area contributed by atoms with Crippen LogP contribution < -0.4 is 14.8 Å². The number of hydrogen-bond acceptors (Lipinski definition) is 4. The van der Waals surface area contributed by atoms with Crippen LogP contribution in [-0.2, 0) is 10.0 Å². The first-order chi connectivity index (χ1) is 10.9. The van der Waals surface area contributed by atoms with Gasteiger partial charge in [-0.3, -0.25) is 4.31 Å². The number of anilines is 2. The maximum absolute atomic E-state index is 13.0. The second kappa shape index (κ2) is 7.10. The van der Waals surface area contributed by atoms with Crippen molar-refractivity contribution < 1.29 is 13.2 Å². The first-order valence-electron chi connectivity index (χ1n) is 7.12. The van der Waals surface area contributed by atoms with Crippen molar-refractivity contribution in [1.29, 1.82) is 0 Å². The third-order valence-corrected chi connectivity index (χ3v) is 5.49. The van der Waals surface area contributed by atoms with Gasteiger partial charge in [-0.2, -0.15) is 0 Å². The van der Waals surface area contributed by atoms with E-state index in [0.29, 0.717) is 29.4 Å². The van der Waals surface area contributed by atoms with Crippen molar-refractivity contribution in [2.45, 2.75) is 18.2 Å². The minimum atomic E-state index is -3.77. The molecule has 23 heavy (non-hydrogen) atoms. The maximum Gasteiger partial charge on any atom is 0.264 e. The number of sulfonamides is 1. The molecule has 0 aliphatic heterocycles. The first kappa shape index (κ1) is 17.4. The van der Waals surface area contributed by atoms with E-state index in [0.717, 1.165) is 0 Å². The molecule has 2 aromatic carbocycles. The molecule has 0 atom stereocenters. The van der Waals surface area contributed by atoms with Gasteiger partial charge in [-0.15, -0.1) is 0 Å². The summed E-state index contributed by atoms with van der Waals surface area (Å²) in [5.74, 6) is 0.492. The van der Waals surface area contributed by atoms with Gasteiger partial charge in [-0.25, -0.2) is 8.42 Å². The van der Waals surface area contributed by atoms with Crippen LogP contribution >= 0.6 is 11.6 Å². The van der Waals surface area contributed by atoms with Crippen LogP contribution in [0.15, 0.2) is 47.4 Å². The summed E-state index contributed by atoms with van der Waals surface area (Å²) < 4.78 is 32.7. The molecule has 0 amide bonds. The van der Waals surface area contributed by atoms with Crippen LogP contribution in [0.1, 0.15) is 13.3 Å². The van der Waals surface area contributed by atoms with Crippen molar-refractivity contribution in [1.82, 2.24) is 0 Å². The molecule has 2 aromatic rings. The molecular weight excluding hydrogens is 336 g/mol. The molecule has 2 rings (SSSR count). The van der Waals surface area contributed by atoms with Gasteiger partial charge in [0, 0.05) is 6.54 Å². The fraction of sp³-hybridized carbons (Fsp3) is 0.250. The molecule has 0 saturated heterocycles. The average Bonchev–Trinajstić information content (AvgIpc) is 2.54. The van der Waals surface area contributed by atoms with Crippen molar-refractivity contribution >= 4 is 33.0 Å². The lowest BCUT2D eigenvalue weighted by molar-refractivity contribution is 0.415. The van der Waals surface area contributed by atoms with Gasteiger partial charge in [0.05, 0.1) is 28.4 Å². The Morgan fingerprint density at radius 3 is 2.52 bits per heavy atom. The smallest absolute Gasteiger partial charge is 0.264 e. The van der Waals surface area contributed by atoms with E-state index in [1.165, 1.54) is 29.6 Å². The molecule has 0 radical (unpaired) electrons. The zero-order valence-electron chi connectivity index (χ0n) is 13.0. The second-order valence-electron chi connectivity index (χ2n) is 4.93. The average molecular weight is 355 g/mol. The molecule has 0 aliphatic rings. The summed E-state index contributed by atoms with van der Waals surface area (Å²) in [6.07, 6.45) is 0.653. The minimum Gasteiger partial charge on any atom is -0.495 e. The van der Waals surface area contributed by atoms with Gasteiger partial charge in [0.2, 0.25) is 0 Å². The Kier molecular flexibility index (Phi) is 5.38. The Hall–Kier alpha value is -1.92. The number of rotatable bonds is 6. The summed E-state index contributed by atoms with van der Waals surface area (Å²) in [7, 11) is -2.26. The minimum absolute atomic E-state index is 0.0961. The number of methoxy groups -OCH3 is 1. The highest BCUT2D eigenvalue weighted by Gasteiger charge is 2.27. The number of para-hydroxylation sites is 2. The number of nitrogens with two attached hydrogens (primary N) is 1. The summed E-state index contributed by atoms with van der Waals surface area (Å²) in [5.41, 5.74) is 6.46. The second-order valence-corrected chi connectivity index (χ2v) is 7.20. The number of ether oxygens (including phenoxy) is 1. The van der Waals surface area contributed by atoms with Crippen LogP contribution in [-0.4, -0.2) is 22.1 Å². The molecule has 0 heterocycles. The predicted octanol–water partition coefficient (Wildman–Crippen LogP) is 3.54. The number of benzene rings is 2. The zero-order valence-corrected chi connectivity index (χ0v) is 14.6. The molecule has 0 spiro atoms. The Balaban J connectivity index is 2.57. The molecule has 124 valence electrons. The Morgan fingerprint density at radius 1 is 1.22 bits per heavy atom. The van der Waals surface area contributed by atoms with Gasteiger partial charge in [-0.1, -0.05) is 30.7 Å². The molecule has 5 nitrogen and oxygen atoms in total. The van der Waals surface area contributed by atoms with Crippen LogP contribution in [0.4, 0.5) is 11.4 Å². The topological polar surface area (TPSA) is 72.6 Å². The van der Waals surface area contributed by atoms with E-state index < -0.39 is 10.0 Å². The van der Waals surface area contributed by atoms with Crippen molar-refractivity contribution in [2.75, 3.05) is 23.7 Å². The molecule has 0 aromatic heterocycles. The molecular formula is C16H19ClN2O3S. The summed E-state index contributed by atoms with van der Waals surface area (Å²) >= 11 is 5.88. The molecule has 2 N–H and O–H groups in total. The number of nitrogens with zero attached hydrogens (tertiary/aromatic N) is 1. The van der Waals surface area contributed by atoms with Crippen molar-refractivity contribution in [3.05, 3.63) is 47.5 Å². The van der Waals surface area contributed by atoms with E-state index in [-0.39, 0.29) is 10.6 Å². The van der Waals surface area contributed by atoms with Crippen LogP contribution in [0.3, 0.4) is 0 Å². The molecule has 0 fully saturated rings. The summed E-state index contributed by atoms with van der Waals surface area (Å²) in [4.78, 5) is 0.0961. The quantitative estimate of drug-likeness (QED) is 0.805. The highest BCUT2D eigenvalue weighted by Crippen LogP contribution is 2.33. The van der Waals surface area contributed by atoms with Gasteiger partial charge < -0.3 is 10.5 Å². The molecule has 0 aliphatic carbocycles. The molecule has 0 saturated carbocycles. The van der Waals surface area contributed by atoms with E-state index in [1.54, 1.807) is 24.3 Å². The van der Waals surface area contributed by atoms with Gasteiger partial charge >= 0.3 is 0 Å². The van der Waals surface area contributed by atoms with Gasteiger partial charge in [0.15, 0.2) is 0 Å². The Morgan fingerprint density at radius 2 is 1.91 bits per heavy atom. The SMILES string of the molecule is CCCN(c1ccccc1OC)S(=O)(=O)c1ccc(Cl)c(N)c1. The monoisotopic (exact) mass is 354 g/mol. The lowest BCUT2D eigenvalue weighted by atomic mass is 10.3. The van der Waals surface area contributed by atoms with Gasteiger partial charge in [-0.05, 0) is 36.8 Å². The summed E-state index contributed by atoms with van der Waals surface area (Å²) in [5, 5.41) is 0.322. The standard InChI is InChI=1S/C16H19ClN2O3S/c1-3-10-19(15-6-4-5-7-16(15)22-2)23(20,21)12-8-9-13(17)14(18)11-12/h4-9,11H,3,10,18H2,1-2H3. The lowest BCUT2D eigenvalue weighted by Gasteiger charge is -2.25. The first-order valence-corrected chi connectivity index (χ1v) is 8.94. The number of hydrogen-bond donors (Lipinski definition) is 1. The fourth-order valence-corrected chi connectivity index (χ4v) is 3.94. The maximum atomic E-state index is 13.0. The zero-order chi connectivity index (χ0) is 17.0. The van der Waals surface area contributed by atoms with E-state index in [9.17, 15) is 8.42 Å².